The van der Waals surface area contributed by atoms with Gasteiger partial charge in [0.25, 0.3) is 0 Å². The number of hydrogen-bond acceptors (Lipinski definition) is 3. The van der Waals surface area contributed by atoms with Crippen LogP contribution in [0.4, 0.5) is 8.78 Å². The van der Waals surface area contributed by atoms with Gasteiger partial charge >= 0.3 is 0 Å². The fourth-order valence-electron chi connectivity index (χ4n) is 2.04. The van der Waals surface area contributed by atoms with Crippen molar-refractivity contribution in [2.24, 2.45) is 0 Å². The van der Waals surface area contributed by atoms with E-state index < -0.39 is 23.2 Å². The van der Waals surface area contributed by atoms with E-state index in [4.69, 9.17) is 0 Å². The summed E-state index contributed by atoms with van der Waals surface area (Å²) in [5.74, 6) is -3.13. The van der Waals surface area contributed by atoms with Gasteiger partial charge in [-0.2, -0.15) is 0 Å². The number of ketones is 2. The minimum absolute atomic E-state index is 0.0421. The topological polar surface area (TPSA) is 47.0 Å². The lowest BCUT2D eigenvalue weighted by molar-refractivity contribution is 0.0975. The number of halogens is 2. The van der Waals surface area contributed by atoms with Crippen molar-refractivity contribution < 1.29 is 18.4 Å². The minimum Gasteiger partial charge on any atom is -0.289 e. The Labute approximate surface area is 100 Å². The largest absolute Gasteiger partial charge is 0.289 e. The average molecular weight is 245 g/mol. The molecule has 88 valence electrons. The Bertz CT molecular complexity index is 710. The molecular weight excluding hydrogens is 240 g/mol. The quantitative estimate of drug-likeness (QED) is 0.609. The lowest BCUT2D eigenvalue weighted by Gasteiger charge is -2.17. The van der Waals surface area contributed by atoms with Crippen molar-refractivity contribution in [3.8, 4) is 0 Å². The minimum atomic E-state index is -1.03. The first-order valence-electron chi connectivity index (χ1n) is 5.12. The van der Waals surface area contributed by atoms with Crippen LogP contribution in [0.25, 0.3) is 0 Å². The predicted molar refractivity (Wildman–Crippen MR) is 57.5 cm³/mol. The molecule has 1 heterocycles. The van der Waals surface area contributed by atoms with Crippen molar-refractivity contribution in [1.82, 2.24) is 4.98 Å². The highest BCUT2D eigenvalue weighted by atomic mass is 19.1. The standard InChI is InChI=1S/C13H5F2NO2/c14-6-3-8-11(10(15)4-6)13(18)9-5-16-2-1-7(9)12(8)17/h1-5H. The van der Waals surface area contributed by atoms with E-state index in [-0.39, 0.29) is 22.3 Å². The van der Waals surface area contributed by atoms with Crippen LogP contribution < -0.4 is 0 Å². The van der Waals surface area contributed by atoms with Gasteiger partial charge in [0.05, 0.1) is 11.1 Å². The number of rotatable bonds is 0. The van der Waals surface area contributed by atoms with Gasteiger partial charge in [0, 0.05) is 29.6 Å². The van der Waals surface area contributed by atoms with Crippen LogP contribution in [0.3, 0.4) is 0 Å². The molecule has 1 aromatic heterocycles. The van der Waals surface area contributed by atoms with Crippen molar-refractivity contribution >= 4 is 11.6 Å². The third kappa shape index (κ3) is 1.30. The molecule has 0 amide bonds. The molecule has 2 aromatic rings. The van der Waals surface area contributed by atoms with E-state index in [9.17, 15) is 18.4 Å². The molecule has 1 aliphatic rings. The first-order valence-corrected chi connectivity index (χ1v) is 5.12. The zero-order valence-corrected chi connectivity index (χ0v) is 8.91. The van der Waals surface area contributed by atoms with E-state index in [2.05, 4.69) is 4.98 Å². The summed E-state index contributed by atoms with van der Waals surface area (Å²) < 4.78 is 26.7. The van der Waals surface area contributed by atoms with E-state index in [0.29, 0.717) is 6.07 Å². The van der Waals surface area contributed by atoms with Gasteiger partial charge in [-0.3, -0.25) is 14.6 Å². The molecule has 0 unspecified atom stereocenters. The number of pyridine rings is 1. The second-order valence-corrected chi connectivity index (χ2v) is 3.89. The fraction of sp³-hybridized carbons (Fsp3) is 0. The Kier molecular flexibility index (Phi) is 2.10. The third-order valence-corrected chi connectivity index (χ3v) is 2.84. The molecule has 0 atom stereocenters. The number of carbonyl (C=O) groups excluding carboxylic acids is 2. The summed E-state index contributed by atoms with van der Waals surface area (Å²) in [5.41, 5.74) is -0.467. The van der Waals surface area contributed by atoms with Crippen LogP contribution >= 0.6 is 0 Å². The molecule has 0 bridgehead atoms. The molecule has 0 radical (unpaired) electrons. The maximum absolute atomic E-state index is 13.6. The van der Waals surface area contributed by atoms with Crippen molar-refractivity contribution in [3.63, 3.8) is 0 Å². The van der Waals surface area contributed by atoms with E-state index in [1.165, 1.54) is 18.5 Å². The molecule has 0 saturated carbocycles. The summed E-state index contributed by atoms with van der Waals surface area (Å²) in [4.78, 5) is 27.8. The summed E-state index contributed by atoms with van der Waals surface area (Å²) in [6.07, 6.45) is 2.56. The van der Waals surface area contributed by atoms with Gasteiger partial charge in [-0.05, 0) is 12.1 Å². The molecule has 0 fully saturated rings. The first kappa shape index (κ1) is 10.7. The van der Waals surface area contributed by atoms with Crippen LogP contribution in [0.1, 0.15) is 31.8 Å². The number of aromatic nitrogens is 1. The third-order valence-electron chi connectivity index (χ3n) is 2.84. The Morgan fingerprint density at radius 1 is 0.944 bits per heavy atom. The molecule has 1 aliphatic carbocycles. The van der Waals surface area contributed by atoms with Gasteiger partial charge in [-0.25, -0.2) is 8.78 Å². The van der Waals surface area contributed by atoms with Gasteiger partial charge in [0.15, 0.2) is 11.6 Å². The molecule has 3 rings (SSSR count). The SMILES string of the molecule is O=C1c2ccncc2C(=O)c2c(F)cc(F)cc21. The second-order valence-electron chi connectivity index (χ2n) is 3.89. The van der Waals surface area contributed by atoms with Gasteiger partial charge in [-0.1, -0.05) is 0 Å². The van der Waals surface area contributed by atoms with E-state index in [1.54, 1.807) is 0 Å². The van der Waals surface area contributed by atoms with E-state index in [0.717, 1.165) is 6.07 Å². The summed E-state index contributed by atoms with van der Waals surface area (Å²) >= 11 is 0. The van der Waals surface area contributed by atoms with Gasteiger partial charge in [0.2, 0.25) is 0 Å². The average Bonchev–Trinajstić information content (AvgIpc) is 2.35. The second kappa shape index (κ2) is 3.53. The summed E-state index contributed by atoms with van der Waals surface area (Å²) in [5, 5.41) is 0. The van der Waals surface area contributed by atoms with Crippen LogP contribution in [0.15, 0.2) is 30.6 Å². The van der Waals surface area contributed by atoms with Crippen LogP contribution in [-0.2, 0) is 0 Å². The number of nitrogens with zero attached hydrogens (tertiary/aromatic N) is 1. The zero-order chi connectivity index (χ0) is 12.9. The maximum atomic E-state index is 13.6. The molecule has 3 nitrogen and oxygen atoms in total. The molecule has 1 aromatic carbocycles. The predicted octanol–water partition coefficient (Wildman–Crippen LogP) is 2.14. The van der Waals surface area contributed by atoms with Crippen LogP contribution in [0.2, 0.25) is 0 Å². The number of carbonyl (C=O) groups is 2. The molecule has 0 spiro atoms. The maximum Gasteiger partial charge on any atom is 0.199 e. The number of hydrogen-bond donors (Lipinski definition) is 0. The molecule has 5 heteroatoms. The van der Waals surface area contributed by atoms with Crippen molar-refractivity contribution in [3.05, 3.63) is 64.5 Å². The summed E-state index contributed by atoms with van der Waals surface area (Å²) in [6, 6.07) is 2.83. The smallest absolute Gasteiger partial charge is 0.199 e. The summed E-state index contributed by atoms with van der Waals surface area (Å²) in [6.45, 7) is 0. The fourth-order valence-corrected chi connectivity index (χ4v) is 2.04. The van der Waals surface area contributed by atoms with Crippen LogP contribution in [0.5, 0.6) is 0 Å². The van der Waals surface area contributed by atoms with Gasteiger partial charge < -0.3 is 0 Å². The molecule has 18 heavy (non-hydrogen) atoms. The Morgan fingerprint density at radius 3 is 2.50 bits per heavy atom. The van der Waals surface area contributed by atoms with E-state index in [1.807, 2.05) is 0 Å². The van der Waals surface area contributed by atoms with Gasteiger partial charge in [-0.15, -0.1) is 0 Å². The molecule has 0 saturated heterocycles. The number of fused-ring (bicyclic) bond motifs is 2. The van der Waals surface area contributed by atoms with E-state index >= 15 is 0 Å². The van der Waals surface area contributed by atoms with Crippen molar-refractivity contribution in [1.29, 1.82) is 0 Å². The normalized spacial score (nSPS) is 13.2. The van der Waals surface area contributed by atoms with Crippen molar-refractivity contribution in [2.75, 3.05) is 0 Å². The van der Waals surface area contributed by atoms with Crippen molar-refractivity contribution in [2.45, 2.75) is 0 Å². The highest BCUT2D eigenvalue weighted by molar-refractivity contribution is 6.28. The molecule has 0 N–H and O–H groups in total. The van der Waals surface area contributed by atoms with Crippen LogP contribution in [-0.4, -0.2) is 16.6 Å². The first-order chi connectivity index (χ1) is 8.59. The Morgan fingerprint density at radius 2 is 1.72 bits per heavy atom. The monoisotopic (exact) mass is 245 g/mol. The lowest BCUT2D eigenvalue weighted by Crippen LogP contribution is -2.22. The zero-order valence-electron chi connectivity index (χ0n) is 8.91. The highest BCUT2D eigenvalue weighted by Crippen LogP contribution is 2.28. The lowest BCUT2D eigenvalue weighted by atomic mass is 9.85. The molecular formula is C13H5F2NO2. The Hall–Kier alpha value is -2.43. The highest BCUT2D eigenvalue weighted by Gasteiger charge is 2.32. The summed E-state index contributed by atoms with van der Waals surface area (Å²) in [7, 11) is 0. The Balaban J connectivity index is 2.37. The number of benzene rings is 1. The van der Waals surface area contributed by atoms with Crippen LogP contribution in [0, 0.1) is 11.6 Å². The molecule has 0 aliphatic heterocycles. The van der Waals surface area contributed by atoms with Gasteiger partial charge in [0.1, 0.15) is 11.6 Å².